The largest absolute Gasteiger partial charge is 0.469 e. The second kappa shape index (κ2) is 12.2. The minimum atomic E-state index is -1.16. The molecule has 1 aliphatic heterocycles. The monoisotopic (exact) mass is 535 g/mol. The lowest BCUT2D eigenvalue weighted by molar-refractivity contribution is -0.143. The molecule has 0 bridgehead atoms. The molecule has 184 valence electrons. The van der Waals surface area contributed by atoms with E-state index in [-0.39, 0.29) is 33.5 Å². The number of esters is 3. The highest BCUT2D eigenvalue weighted by Crippen LogP contribution is 2.46. The van der Waals surface area contributed by atoms with Crippen molar-refractivity contribution in [3.8, 4) is 0 Å². The van der Waals surface area contributed by atoms with E-state index in [1.165, 1.54) is 33.1 Å². The van der Waals surface area contributed by atoms with Crippen molar-refractivity contribution in [1.82, 2.24) is 0 Å². The molecular weight excluding hydrogens is 513 g/mol. The molecule has 2 atom stereocenters. The predicted molar refractivity (Wildman–Crippen MR) is 135 cm³/mol. The van der Waals surface area contributed by atoms with Crippen molar-refractivity contribution in [3.63, 3.8) is 0 Å². The number of ether oxygens (including phenoxy) is 3. The van der Waals surface area contributed by atoms with Gasteiger partial charge in [0.2, 0.25) is 0 Å². The molecular formula is C25H23Cl2NO6S. The van der Waals surface area contributed by atoms with Crippen LogP contribution in [0.25, 0.3) is 0 Å². The predicted octanol–water partition coefficient (Wildman–Crippen LogP) is 5.10. The van der Waals surface area contributed by atoms with E-state index in [2.05, 4.69) is 4.99 Å². The highest BCUT2D eigenvalue weighted by Gasteiger charge is 2.46. The first kappa shape index (κ1) is 26.8. The number of thioether (sulfide) groups is 1. The number of aliphatic imine (C=N–C) groups is 1. The normalized spacial score (nSPS) is 17.5. The summed E-state index contributed by atoms with van der Waals surface area (Å²) in [5, 5.41) is 0.486. The van der Waals surface area contributed by atoms with Crippen molar-refractivity contribution in [3.05, 3.63) is 75.4 Å². The molecule has 0 aliphatic carbocycles. The molecule has 2 aromatic rings. The van der Waals surface area contributed by atoms with E-state index < -0.39 is 29.7 Å². The van der Waals surface area contributed by atoms with Gasteiger partial charge in [0, 0.05) is 32.3 Å². The summed E-state index contributed by atoms with van der Waals surface area (Å²) in [6, 6.07) is 14.4. The fourth-order valence-corrected chi connectivity index (χ4v) is 5.37. The number of hydrogen-bond donors (Lipinski definition) is 0. The smallest absolute Gasteiger partial charge is 0.336 e. The molecule has 0 amide bonds. The fraction of sp³-hybridized carbons (Fsp3) is 0.280. The molecule has 7 nitrogen and oxygen atoms in total. The lowest BCUT2D eigenvalue weighted by Gasteiger charge is -2.33. The molecule has 0 radical (unpaired) electrons. The standard InChI is InChI=1S/C25H23Cl2NO6S/c1-32-19(29)12-17-21(24(30)33-2)23(20-15(26)10-7-11-16(20)27)22(25(31)34-3)18(28-17)13-35-14-8-5-4-6-9-14/h4-11,21,23H,12-13H2,1-3H3. The van der Waals surface area contributed by atoms with Crippen molar-refractivity contribution in [2.24, 2.45) is 10.9 Å². The molecule has 10 heteroatoms. The van der Waals surface area contributed by atoms with Crippen LogP contribution < -0.4 is 0 Å². The van der Waals surface area contributed by atoms with E-state index in [1.807, 2.05) is 30.3 Å². The molecule has 2 aromatic carbocycles. The van der Waals surface area contributed by atoms with E-state index in [1.54, 1.807) is 18.2 Å². The molecule has 0 saturated heterocycles. The number of carbonyl (C=O) groups excluding carboxylic acids is 3. The van der Waals surface area contributed by atoms with Gasteiger partial charge in [-0.05, 0) is 29.8 Å². The second-order valence-corrected chi connectivity index (χ2v) is 9.29. The van der Waals surface area contributed by atoms with E-state index in [9.17, 15) is 14.4 Å². The number of hydrogen-bond acceptors (Lipinski definition) is 8. The third-order valence-electron chi connectivity index (χ3n) is 5.44. The van der Waals surface area contributed by atoms with E-state index in [0.29, 0.717) is 11.3 Å². The lowest BCUT2D eigenvalue weighted by atomic mass is 9.74. The van der Waals surface area contributed by atoms with Crippen LogP contribution in [0, 0.1) is 5.92 Å². The van der Waals surface area contributed by atoms with Crippen LogP contribution in [-0.4, -0.2) is 50.7 Å². The summed E-state index contributed by atoms with van der Waals surface area (Å²) in [5.41, 5.74) is 0.979. The number of halogens is 2. The van der Waals surface area contributed by atoms with Gasteiger partial charge in [-0.1, -0.05) is 47.5 Å². The Balaban J connectivity index is 2.27. The Morgan fingerprint density at radius 3 is 2.14 bits per heavy atom. The first-order chi connectivity index (χ1) is 16.8. The van der Waals surface area contributed by atoms with Crippen LogP contribution in [0.2, 0.25) is 10.0 Å². The van der Waals surface area contributed by atoms with Crippen LogP contribution in [-0.2, 0) is 28.6 Å². The van der Waals surface area contributed by atoms with Gasteiger partial charge in [0.1, 0.15) is 5.92 Å². The highest BCUT2D eigenvalue weighted by molar-refractivity contribution is 7.99. The summed E-state index contributed by atoms with van der Waals surface area (Å²) in [6.07, 6.45) is -0.289. The van der Waals surface area contributed by atoms with Crippen LogP contribution in [0.15, 0.2) is 69.7 Å². The van der Waals surface area contributed by atoms with Crippen LogP contribution in [0.1, 0.15) is 17.9 Å². The summed E-state index contributed by atoms with van der Waals surface area (Å²) in [4.78, 5) is 44.0. The lowest BCUT2D eigenvalue weighted by Crippen LogP contribution is -2.39. The maximum Gasteiger partial charge on any atom is 0.336 e. The number of nitrogens with zero attached hydrogens (tertiary/aromatic N) is 1. The quantitative estimate of drug-likeness (QED) is 0.263. The van der Waals surface area contributed by atoms with Gasteiger partial charge in [-0.25, -0.2) is 4.79 Å². The first-order valence-corrected chi connectivity index (χ1v) is 12.2. The molecule has 0 fully saturated rings. The molecule has 0 saturated carbocycles. The highest BCUT2D eigenvalue weighted by atomic mass is 35.5. The molecule has 35 heavy (non-hydrogen) atoms. The molecule has 0 aromatic heterocycles. The van der Waals surface area contributed by atoms with E-state index in [4.69, 9.17) is 37.4 Å². The average Bonchev–Trinajstić information content (AvgIpc) is 2.86. The maximum absolute atomic E-state index is 13.1. The number of rotatable bonds is 8. The van der Waals surface area contributed by atoms with Crippen molar-refractivity contribution in [2.75, 3.05) is 27.1 Å². The van der Waals surface area contributed by atoms with Gasteiger partial charge in [0.15, 0.2) is 0 Å². The van der Waals surface area contributed by atoms with Crippen molar-refractivity contribution in [2.45, 2.75) is 17.2 Å². The van der Waals surface area contributed by atoms with Gasteiger partial charge in [-0.2, -0.15) is 0 Å². The third kappa shape index (κ3) is 6.07. The topological polar surface area (TPSA) is 91.3 Å². The summed E-state index contributed by atoms with van der Waals surface area (Å²) < 4.78 is 15.0. The molecule has 0 N–H and O–H groups in total. The van der Waals surface area contributed by atoms with Gasteiger partial charge >= 0.3 is 17.9 Å². The Morgan fingerprint density at radius 1 is 0.914 bits per heavy atom. The van der Waals surface area contributed by atoms with Crippen molar-refractivity contribution < 1.29 is 28.6 Å². The van der Waals surface area contributed by atoms with Crippen LogP contribution in [0.3, 0.4) is 0 Å². The Labute approximate surface area is 217 Å². The van der Waals surface area contributed by atoms with Gasteiger partial charge in [0.25, 0.3) is 0 Å². The SMILES string of the molecule is COC(=O)CC1=NC(CSc2ccccc2)=C(C(=O)OC)C(c2c(Cl)cccc2Cl)C1C(=O)OC. The van der Waals surface area contributed by atoms with E-state index in [0.717, 1.165) is 4.90 Å². The zero-order valence-electron chi connectivity index (χ0n) is 19.2. The van der Waals surface area contributed by atoms with Gasteiger partial charge in [-0.3, -0.25) is 14.6 Å². The van der Waals surface area contributed by atoms with Crippen LogP contribution >= 0.6 is 35.0 Å². The average molecular weight is 536 g/mol. The molecule has 2 unspecified atom stereocenters. The third-order valence-corrected chi connectivity index (χ3v) is 7.12. The van der Waals surface area contributed by atoms with Gasteiger partial charge < -0.3 is 14.2 Å². The number of methoxy groups -OCH3 is 3. The number of carbonyl (C=O) groups is 3. The Morgan fingerprint density at radius 2 is 1.57 bits per heavy atom. The van der Waals surface area contributed by atoms with Crippen LogP contribution in [0.5, 0.6) is 0 Å². The van der Waals surface area contributed by atoms with Crippen LogP contribution in [0.4, 0.5) is 0 Å². The van der Waals surface area contributed by atoms with Gasteiger partial charge in [-0.15, -0.1) is 11.8 Å². The van der Waals surface area contributed by atoms with Crippen molar-refractivity contribution >= 4 is 58.6 Å². The Bertz CT molecular complexity index is 1160. The molecule has 0 spiro atoms. The zero-order chi connectivity index (χ0) is 25.5. The molecule has 1 heterocycles. The molecule has 1 aliphatic rings. The van der Waals surface area contributed by atoms with Crippen molar-refractivity contribution in [1.29, 1.82) is 0 Å². The summed E-state index contributed by atoms with van der Waals surface area (Å²) in [5.74, 6) is -3.89. The minimum absolute atomic E-state index is 0.120. The summed E-state index contributed by atoms with van der Waals surface area (Å²) >= 11 is 14.5. The zero-order valence-corrected chi connectivity index (χ0v) is 21.6. The minimum Gasteiger partial charge on any atom is -0.469 e. The van der Waals surface area contributed by atoms with E-state index >= 15 is 0 Å². The number of benzene rings is 2. The Kier molecular flexibility index (Phi) is 9.37. The summed E-state index contributed by atoms with van der Waals surface area (Å²) in [7, 11) is 3.69. The second-order valence-electron chi connectivity index (χ2n) is 7.42. The fourth-order valence-electron chi connectivity index (χ4n) is 3.86. The van der Waals surface area contributed by atoms with Gasteiger partial charge in [0.05, 0.1) is 39.0 Å². The molecule has 3 rings (SSSR count). The maximum atomic E-state index is 13.1. The summed E-state index contributed by atoms with van der Waals surface area (Å²) in [6.45, 7) is 0. The first-order valence-electron chi connectivity index (χ1n) is 10.5. The Hall–Kier alpha value is -2.81.